The second-order valence-corrected chi connectivity index (χ2v) is 5.99. The van der Waals surface area contributed by atoms with Crippen LogP contribution in [0.5, 0.6) is 5.75 Å². The summed E-state index contributed by atoms with van der Waals surface area (Å²) in [7, 11) is 0. The molecule has 2 rings (SSSR count). The van der Waals surface area contributed by atoms with Gasteiger partial charge < -0.3 is 9.84 Å². The first-order valence-electron chi connectivity index (χ1n) is 6.50. The van der Waals surface area contributed by atoms with Gasteiger partial charge in [-0.25, -0.2) is 4.79 Å². The highest BCUT2D eigenvalue weighted by Crippen LogP contribution is 2.29. The van der Waals surface area contributed by atoms with Crippen molar-refractivity contribution in [3.05, 3.63) is 56.7 Å². The highest BCUT2D eigenvalue weighted by molar-refractivity contribution is 7.11. The zero-order valence-electron chi connectivity index (χ0n) is 11.5. The van der Waals surface area contributed by atoms with Gasteiger partial charge in [0, 0.05) is 21.4 Å². The maximum absolute atomic E-state index is 10.6. The zero-order valence-corrected chi connectivity index (χ0v) is 13.1. The molecule has 1 aromatic carbocycles. The molecule has 0 unspecified atom stereocenters. The number of aliphatic carboxylic acids is 1. The molecule has 0 amide bonds. The highest BCUT2D eigenvalue weighted by atomic mass is 35.5. The summed E-state index contributed by atoms with van der Waals surface area (Å²) in [5.74, 6) is -0.446. The summed E-state index contributed by atoms with van der Waals surface area (Å²) >= 11 is 7.81. The Hall–Kier alpha value is -1.78. The molecule has 0 saturated heterocycles. The Bertz CT molecular complexity index is 661. The Morgan fingerprint density at radius 2 is 2.10 bits per heavy atom. The van der Waals surface area contributed by atoms with Gasteiger partial charge >= 0.3 is 5.97 Å². The van der Waals surface area contributed by atoms with Crippen molar-refractivity contribution in [1.29, 1.82) is 0 Å². The number of carboxylic acid groups (broad SMARTS) is 1. The quantitative estimate of drug-likeness (QED) is 0.788. The molecular formula is C16H15ClO3S. The van der Waals surface area contributed by atoms with E-state index in [0.717, 1.165) is 17.4 Å². The number of aryl methyl sites for hydroxylation is 1. The predicted octanol–water partition coefficient (Wildman–Crippen LogP) is 4.64. The molecule has 3 nitrogen and oxygen atoms in total. The van der Waals surface area contributed by atoms with Crippen molar-refractivity contribution in [3.8, 4) is 5.75 Å². The molecule has 5 heteroatoms. The first kappa shape index (κ1) is 15.6. The summed E-state index contributed by atoms with van der Waals surface area (Å²) in [6.07, 6.45) is 3.51. The second-order valence-electron chi connectivity index (χ2n) is 4.33. The number of ether oxygens (including phenoxy) is 1. The number of benzene rings is 1. The highest BCUT2D eigenvalue weighted by Gasteiger charge is 2.07. The van der Waals surface area contributed by atoms with E-state index >= 15 is 0 Å². The Labute approximate surface area is 132 Å². The van der Waals surface area contributed by atoms with Gasteiger partial charge in [-0.3, -0.25) is 0 Å². The third-order valence-electron chi connectivity index (χ3n) is 2.84. The molecule has 1 N–H and O–H groups in total. The minimum atomic E-state index is -1.02. The van der Waals surface area contributed by atoms with Crippen LogP contribution >= 0.6 is 22.9 Å². The van der Waals surface area contributed by atoms with Crippen LogP contribution in [-0.2, 0) is 17.8 Å². The molecule has 0 bridgehead atoms. The summed E-state index contributed by atoms with van der Waals surface area (Å²) in [5, 5.41) is 9.19. The normalized spacial score (nSPS) is 11.0. The van der Waals surface area contributed by atoms with Crippen LogP contribution in [0.15, 0.2) is 36.4 Å². The Morgan fingerprint density at radius 1 is 1.33 bits per heavy atom. The standard InChI is InChI=1S/C16H15ClO3S/c1-2-11-6-7-12(21-11)10-20-15-5-3-4-14(17)13(15)8-9-16(18)19/h3-9H,2,10H2,1H3,(H,18,19)/b9-8+. The van der Waals surface area contributed by atoms with Gasteiger partial charge in [-0.1, -0.05) is 24.6 Å². The summed E-state index contributed by atoms with van der Waals surface area (Å²) in [4.78, 5) is 13.1. The SMILES string of the molecule is CCc1ccc(COc2cccc(Cl)c2/C=C/C(=O)O)s1. The Balaban J connectivity index is 2.15. The number of carboxylic acids is 1. The van der Waals surface area contributed by atoms with E-state index < -0.39 is 5.97 Å². The molecule has 0 radical (unpaired) electrons. The Kier molecular flexibility index (Phi) is 5.42. The molecule has 0 fully saturated rings. The molecule has 21 heavy (non-hydrogen) atoms. The molecule has 0 saturated carbocycles. The van der Waals surface area contributed by atoms with Gasteiger partial charge in [-0.15, -0.1) is 11.3 Å². The van der Waals surface area contributed by atoms with Gasteiger partial charge in [-0.2, -0.15) is 0 Å². The number of thiophene rings is 1. The van der Waals surface area contributed by atoms with Crippen molar-refractivity contribution in [2.45, 2.75) is 20.0 Å². The van der Waals surface area contributed by atoms with Gasteiger partial charge in [0.1, 0.15) is 12.4 Å². The molecule has 0 aliphatic heterocycles. The monoisotopic (exact) mass is 322 g/mol. The maximum atomic E-state index is 10.6. The first-order chi connectivity index (χ1) is 10.1. The van der Waals surface area contributed by atoms with Crippen LogP contribution in [0.3, 0.4) is 0 Å². The van der Waals surface area contributed by atoms with Crippen LogP contribution in [0.4, 0.5) is 0 Å². The number of rotatable bonds is 6. The van der Waals surface area contributed by atoms with E-state index in [-0.39, 0.29) is 0 Å². The fraction of sp³-hybridized carbons (Fsp3) is 0.188. The van der Waals surface area contributed by atoms with Gasteiger partial charge in [0.2, 0.25) is 0 Å². The lowest BCUT2D eigenvalue weighted by Crippen LogP contribution is -1.96. The van der Waals surface area contributed by atoms with Gasteiger partial charge in [0.25, 0.3) is 0 Å². The topological polar surface area (TPSA) is 46.5 Å². The van der Waals surface area contributed by atoms with Crippen LogP contribution < -0.4 is 4.74 Å². The van der Waals surface area contributed by atoms with Crippen molar-refractivity contribution < 1.29 is 14.6 Å². The van der Waals surface area contributed by atoms with Crippen molar-refractivity contribution in [1.82, 2.24) is 0 Å². The molecular weight excluding hydrogens is 308 g/mol. The minimum Gasteiger partial charge on any atom is -0.487 e. The second kappa shape index (κ2) is 7.29. The fourth-order valence-electron chi connectivity index (χ4n) is 1.80. The molecule has 1 aromatic heterocycles. The van der Waals surface area contributed by atoms with Crippen LogP contribution in [0.25, 0.3) is 6.08 Å². The molecule has 0 aliphatic carbocycles. The maximum Gasteiger partial charge on any atom is 0.328 e. The van der Waals surface area contributed by atoms with E-state index in [1.165, 1.54) is 11.0 Å². The van der Waals surface area contributed by atoms with Gasteiger partial charge in [0.05, 0.1) is 5.02 Å². The third kappa shape index (κ3) is 4.34. The number of hydrogen-bond acceptors (Lipinski definition) is 3. The summed E-state index contributed by atoms with van der Waals surface area (Å²) in [5.41, 5.74) is 0.578. The first-order valence-corrected chi connectivity index (χ1v) is 7.69. The van der Waals surface area contributed by atoms with E-state index in [0.29, 0.717) is 22.9 Å². The van der Waals surface area contributed by atoms with Crippen LogP contribution in [0, 0.1) is 0 Å². The number of carbonyl (C=O) groups is 1. The average Bonchev–Trinajstić information content (AvgIpc) is 2.92. The lowest BCUT2D eigenvalue weighted by atomic mass is 10.2. The van der Waals surface area contributed by atoms with Crippen LogP contribution in [0.2, 0.25) is 5.02 Å². The van der Waals surface area contributed by atoms with Crippen molar-refractivity contribution in [3.63, 3.8) is 0 Å². The van der Waals surface area contributed by atoms with E-state index in [1.54, 1.807) is 29.5 Å². The lowest BCUT2D eigenvalue weighted by Gasteiger charge is -2.09. The molecule has 2 aromatic rings. The predicted molar refractivity (Wildman–Crippen MR) is 86.2 cm³/mol. The number of halogens is 1. The van der Waals surface area contributed by atoms with E-state index in [4.69, 9.17) is 21.4 Å². The summed E-state index contributed by atoms with van der Waals surface area (Å²) in [6, 6.07) is 9.40. The van der Waals surface area contributed by atoms with E-state index in [2.05, 4.69) is 13.0 Å². The lowest BCUT2D eigenvalue weighted by molar-refractivity contribution is -0.131. The van der Waals surface area contributed by atoms with E-state index in [1.807, 2.05) is 6.07 Å². The fourth-order valence-corrected chi connectivity index (χ4v) is 2.90. The van der Waals surface area contributed by atoms with Crippen molar-refractivity contribution in [2.24, 2.45) is 0 Å². The molecule has 0 aliphatic rings. The molecule has 110 valence electrons. The third-order valence-corrected chi connectivity index (χ3v) is 4.37. The largest absolute Gasteiger partial charge is 0.487 e. The van der Waals surface area contributed by atoms with Gasteiger partial charge in [0.15, 0.2) is 0 Å². The minimum absolute atomic E-state index is 0.443. The van der Waals surface area contributed by atoms with Crippen molar-refractivity contribution in [2.75, 3.05) is 0 Å². The summed E-state index contributed by atoms with van der Waals surface area (Å²) in [6.45, 7) is 2.56. The molecule has 1 heterocycles. The molecule has 0 spiro atoms. The molecule has 0 atom stereocenters. The van der Waals surface area contributed by atoms with E-state index in [9.17, 15) is 4.79 Å². The van der Waals surface area contributed by atoms with Crippen LogP contribution in [-0.4, -0.2) is 11.1 Å². The van der Waals surface area contributed by atoms with Crippen molar-refractivity contribution >= 4 is 35.0 Å². The van der Waals surface area contributed by atoms with Crippen LogP contribution in [0.1, 0.15) is 22.2 Å². The smallest absolute Gasteiger partial charge is 0.328 e. The number of hydrogen-bond donors (Lipinski definition) is 1. The Morgan fingerprint density at radius 3 is 2.76 bits per heavy atom. The average molecular weight is 323 g/mol. The summed E-state index contributed by atoms with van der Waals surface area (Å²) < 4.78 is 5.78. The van der Waals surface area contributed by atoms with Gasteiger partial charge in [-0.05, 0) is 36.8 Å². The zero-order chi connectivity index (χ0) is 15.2.